The van der Waals surface area contributed by atoms with Gasteiger partial charge in [0.25, 0.3) is 0 Å². The number of hydrogen-bond donors (Lipinski definition) is 0. The van der Waals surface area contributed by atoms with Crippen molar-refractivity contribution in [2.24, 2.45) is 23.7 Å². The summed E-state index contributed by atoms with van der Waals surface area (Å²) < 4.78 is 1.55. The first-order valence-corrected chi connectivity index (χ1v) is 6.83. The van der Waals surface area contributed by atoms with Crippen molar-refractivity contribution >= 4 is 22.6 Å². The summed E-state index contributed by atoms with van der Waals surface area (Å²) >= 11 is 2.53. The first-order chi connectivity index (χ1) is 7.36. The lowest BCUT2D eigenvalue weighted by atomic mass is 9.66. The van der Waals surface area contributed by atoms with Crippen molar-refractivity contribution in [3.05, 3.63) is 46.1 Å². The molecule has 4 atom stereocenters. The Labute approximate surface area is 105 Å². The Morgan fingerprint density at radius 2 is 1.93 bits per heavy atom. The predicted molar refractivity (Wildman–Crippen MR) is 72.7 cm³/mol. The zero-order chi connectivity index (χ0) is 10.3. The van der Waals surface area contributed by atoms with Crippen LogP contribution in [0, 0.1) is 23.7 Å². The summed E-state index contributed by atoms with van der Waals surface area (Å²) in [5.41, 5.74) is 0. The summed E-state index contributed by atoms with van der Waals surface area (Å²) in [5, 5.41) is 0. The third-order valence-electron chi connectivity index (χ3n) is 3.83. The molecule has 0 radical (unpaired) electrons. The first-order valence-electron chi connectivity index (χ1n) is 5.75. The van der Waals surface area contributed by atoms with Gasteiger partial charge in [-0.25, -0.2) is 0 Å². The van der Waals surface area contributed by atoms with E-state index in [1.807, 2.05) is 0 Å². The second-order valence-corrected chi connectivity index (χ2v) is 5.92. The minimum Gasteiger partial charge on any atom is -0.0882 e. The van der Waals surface area contributed by atoms with Crippen molar-refractivity contribution in [3.8, 4) is 0 Å². The standard InChI is InChI=1S/C14H15I/c15-14-9-10-5-1-2-6-11(10)12-7-3-4-8-13(12)14/h2-4,6-13H,1,5H2. The Balaban J connectivity index is 2.01. The SMILES string of the molecule is IC1=CC2CCC=CC2C2C=CC=CC12. The second-order valence-electron chi connectivity index (χ2n) is 4.67. The van der Waals surface area contributed by atoms with Gasteiger partial charge in [-0.05, 0) is 56.8 Å². The van der Waals surface area contributed by atoms with Gasteiger partial charge in [0, 0.05) is 5.92 Å². The zero-order valence-electron chi connectivity index (χ0n) is 8.64. The van der Waals surface area contributed by atoms with Gasteiger partial charge in [0.2, 0.25) is 0 Å². The highest BCUT2D eigenvalue weighted by atomic mass is 127. The van der Waals surface area contributed by atoms with Crippen LogP contribution in [0.3, 0.4) is 0 Å². The van der Waals surface area contributed by atoms with Crippen LogP contribution in [0.2, 0.25) is 0 Å². The molecule has 0 fully saturated rings. The van der Waals surface area contributed by atoms with Crippen LogP contribution in [0.15, 0.2) is 46.1 Å². The van der Waals surface area contributed by atoms with Gasteiger partial charge in [0.05, 0.1) is 0 Å². The Bertz CT molecular complexity index is 373. The summed E-state index contributed by atoms with van der Waals surface area (Å²) in [6.45, 7) is 0. The molecule has 15 heavy (non-hydrogen) atoms. The van der Waals surface area contributed by atoms with E-state index < -0.39 is 0 Å². The summed E-state index contributed by atoms with van der Waals surface area (Å²) in [6.07, 6.45) is 19.1. The number of allylic oxidation sites excluding steroid dienone is 8. The van der Waals surface area contributed by atoms with Crippen molar-refractivity contribution < 1.29 is 0 Å². The largest absolute Gasteiger partial charge is 0.0882 e. The van der Waals surface area contributed by atoms with Crippen LogP contribution >= 0.6 is 22.6 Å². The zero-order valence-corrected chi connectivity index (χ0v) is 10.8. The van der Waals surface area contributed by atoms with Gasteiger partial charge in [-0.2, -0.15) is 0 Å². The normalized spacial score (nSPS) is 42.1. The molecule has 0 nitrogen and oxygen atoms in total. The van der Waals surface area contributed by atoms with Crippen LogP contribution in [0.4, 0.5) is 0 Å². The van der Waals surface area contributed by atoms with Crippen molar-refractivity contribution in [1.82, 2.24) is 0 Å². The van der Waals surface area contributed by atoms with Crippen LogP contribution < -0.4 is 0 Å². The van der Waals surface area contributed by atoms with E-state index in [0.717, 1.165) is 11.8 Å². The van der Waals surface area contributed by atoms with E-state index in [1.54, 1.807) is 3.58 Å². The van der Waals surface area contributed by atoms with Gasteiger partial charge >= 0.3 is 0 Å². The molecule has 0 N–H and O–H groups in total. The van der Waals surface area contributed by atoms with Crippen molar-refractivity contribution in [2.75, 3.05) is 0 Å². The number of halogens is 1. The Kier molecular flexibility index (Phi) is 2.59. The Morgan fingerprint density at radius 3 is 2.87 bits per heavy atom. The van der Waals surface area contributed by atoms with E-state index in [9.17, 15) is 0 Å². The maximum atomic E-state index is 2.53. The number of fused-ring (bicyclic) bond motifs is 3. The Morgan fingerprint density at radius 1 is 1.07 bits per heavy atom. The quantitative estimate of drug-likeness (QED) is 0.463. The highest BCUT2D eigenvalue weighted by Crippen LogP contribution is 2.47. The fourth-order valence-electron chi connectivity index (χ4n) is 3.07. The lowest BCUT2D eigenvalue weighted by Crippen LogP contribution is -2.32. The van der Waals surface area contributed by atoms with Crippen LogP contribution in [0.5, 0.6) is 0 Å². The average molecular weight is 310 g/mol. The molecule has 1 heteroatoms. The highest BCUT2D eigenvalue weighted by Gasteiger charge is 2.36. The molecule has 3 aliphatic carbocycles. The topological polar surface area (TPSA) is 0 Å². The third-order valence-corrected chi connectivity index (χ3v) is 4.91. The predicted octanol–water partition coefficient (Wildman–Crippen LogP) is 4.26. The molecule has 4 unspecified atom stereocenters. The van der Waals surface area contributed by atoms with Gasteiger partial charge in [-0.1, -0.05) is 42.5 Å². The molecule has 3 aliphatic rings. The highest BCUT2D eigenvalue weighted by molar-refractivity contribution is 14.1. The molecular weight excluding hydrogens is 295 g/mol. The second kappa shape index (κ2) is 3.93. The average Bonchev–Trinajstić information content (AvgIpc) is 2.30. The molecule has 0 saturated carbocycles. The molecule has 3 rings (SSSR count). The smallest absolute Gasteiger partial charge is 0.0145 e. The van der Waals surface area contributed by atoms with Crippen molar-refractivity contribution in [3.63, 3.8) is 0 Å². The number of hydrogen-bond acceptors (Lipinski definition) is 0. The van der Waals surface area contributed by atoms with Crippen molar-refractivity contribution in [2.45, 2.75) is 12.8 Å². The van der Waals surface area contributed by atoms with Gasteiger partial charge in [-0.3, -0.25) is 0 Å². The summed E-state index contributed by atoms with van der Waals surface area (Å²) in [4.78, 5) is 0. The molecule has 78 valence electrons. The summed E-state index contributed by atoms with van der Waals surface area (Å²) in [6, 6.07) is 0. The minimum atomic E-state index is 0.652. The fraction of sp³-hybridized carbons (Fsp3) is 0.429. The van der Waals surface area contributed by atoms with Crippen LogP contribution in [-0.2, 0) is 0 Å². The van der Waals surface area contributed by atoms with Gasteiger partial charge in [-0.15, -0.1) is 0 Å². The minimum absolute atomic E-state index is 0.652. The molecule has 0 aromatic rings. The molecule has 0 aromatic carbocycles. The van der Waals surface area contributed by atoms with E-state index in [1.165, 1.54) is 12.8 Å². The lowest BCUT2D eigenvalue weighted by Gasteiger charge is -2.40. The van der Waals surface area contributed by atoms with Crippen LogP contribution in [-0.4, -0.2) is 0 Å². The molecular formula is C14H15I. The molecule has 0 aliphatic heterocycles. The van der Waals surface area contributed by atoms with E-state index in [0.29, 0.717) is 11.8 Å². The molecule has 0 bridgehead atoms. The maximum Gasteiger partial charge on any atom is 0.0145 e. The van der Waals surface area contributed by atoms with Gasteiger partial charge < -0.3 is 0 Å². The Hall–Kier alpha value is -0.310. The number of rotatable bonds is 0. The molecule has 0 heterocycles. The van der Waals surface area contributed by atoms with E-state index in [2.05, 4.69) is 65.1 Å². The van der Waals surface area contributed by atoms with E-state index in [-0.39, 0.29) is 0 Å². The van der Waals surface area contributed by atoms with E-state index >= 15 is 0 Å². The molecule has 0 aromatic heterocycles. The maximum absolute atomic E-state index is 2.53. The van der Waals surface area contributed by atoms with Gasteiger partial charge in [0.1, 0.15) is 0 Å². The fourth-order valence-corrected chi connectivity index (χ4v) is 4.15. The van der Waals surface area contributed by atoms with Crippen LogP contribution in [0.25, 0.3) is 0 Å². The first kappa shape index (κ1) is 9.88. The van der Waals surface area contributed by atoms with Crippen LogP contribution in [0.1, 0.15) is 12.8 Å². The summed E-state index contributed by atoms with van der Waals surface area (Å²) in [7, 11) is 0. The van der Waals surface area contributed by atoms with Crippen molar-refractivity contribution in [1.29, 1.82) is 0 Å². The third kappa shape index (κ3) is 1.65. The molecule has 0 spiro atoms. The lowest BCUT2D eigenvalue weighted by molar-refractivity contribution is 0.290. The summed E-state index contributed by atoms with van der Waals surface area (Å²) in [5.74, 6) is 2.91. The molecule has 0 amide bonds. The monoisotopic (exact) mass is 310 g/mol. The molecule has 0 saturated heterocycles. The van der Waals surface area contributed by atoms with Gasteiger partial charge in [0.15, 0.2) is 0 Å². The van der Waals surface area contributed by atoms with E-state index in [4.69, 9.17) is 0 Å².